The van der Waals surface area contributed by atoms with Crippen LogP contribution in [0, 0.1) is 6.92 Å². The molecule has 0 spiro atoms. The van der Waals surface area contributed by atoms with Crippen LogP contribution in [-0.2, 0) is 19.3 Å². The van der Waals surface area contributed by atoms with Gasteiger partial charge in [-0.1, -0.05) is 36.4 Å². The van der Waals surface area contributed by atoms with Gasteiger partial charge >= 0.3 is 6.18 Å². The van der Waals surface area contributed by atoms with Crippen molar-refractivity contribution in [1.82, 2.24) is 19.9 Å². The lowest BCUT2D eigenvalue weighted by molar-refractivity contribution is -0.138. The van der Waals surface area contributed by atoms with Crippen LogP contribution in [0.3, 0.4) is 0 Å². The first-order valence-electron chi connectivity index (χ1n) is 12.1. The van der Waals surface area contributed by atoms with Crippen molar-refractivity contribution >= 4 is 28.2 Å². The second kappa shape index (κ2) is 11.4. The largest absolute Gasteiger partial charge is 0.493 e. The second-order valence-electron chi connectivity index (χ2n) is 9.00. The first kappa shape index (κ1) is 28.7. The van der Waals surface area contributed by atoms with Gasteiger partial charge in [0.15, 0.2) is 0 Å². The average molecular weight is 571 g/mol. The first-order chi connectivity index (χ1) is 19.0. The second-order valence-corrected chi connectivity index (χ2v) is 9.41. The molecule has 7 nitrogen and oxygen atoms in total. The molecule has 2 N–H and O–H groups in total. The number of allylic oxidation sites excluding steroid dienone is 2. The highest BCUT2D eigenvalue weighted by Gasteiger charge is 2.34. The molecule has 3 heterocycles. The molecular weight excluding hydrogens is 545 g/mol. The monoisotopic (exact) mass is 570 g/mol. The van der Waals surface area contributed by atoms with Crippen LogP contribution in [0.25, 0.3) is 16.6 Å². The lowest BCUT2D eigenvalue weighted by Crippen LogP contribution is -2.28. The van der Waals surface area contributed by atoms with Gasteiger partial charge in [0.25, 0.3) is 5.56 Å². The van der Waals surface area contributed by atoms with Crippen molar-refractivity contribution in [3.63, 3.8) is 0 Å². The summed E-state index contributed by atoms with van der Waals surface area (Å²) in [5, 5.41) is 14.6. The Hall–Kier alpha value is -4.31. The summed E-state index contributed by atoms with van der Waals surface area (Å²) in [5.41, 5.74) is 1.77. The summed E-state index contributed by atoms with van der Waals surface area (Å²) in [5.74, 6) is -0.0612. The number of nitrogens with zero attached hydrogens (tertiary/aromatic N) is 3. The fourth-order valence-electron chi connectivity index (χ4n) is 4.39. The van der Waals surface area contributed by atoms with Gasteiger partial charge < -0.3 is 19.7 Å². The van der Waals surface area contributed by atoms with E-state index in [-0.39, 0.29) is 22.8 Å². The summed E-state index contributed by atoms with van der Waals surface area (Å²) >= 11 is 6.40. The molecule has 0 radical (unpaired) electrons. The van der Waals surface area contributed by atoms with E-state index in [2.05, 4.69) is 21.9 Å². The third-order valence-electron chi connectivity index (χ3n) is 6.40. The number of fused-ring (bicyclic) bond motifs is 1. The van der Waals surface area contributed by atoms with Crippen LogP contribution in [0.4, 0.5) is 13.2 Å². The number of pyridine rings is 3. The van der Waals surface area contributed by atoms with Gasteiger partial charge in [0, 0.05) is 52.9 Å². The first-order valence-corrected chi connectivity index (χ1v) is 12.5. The van der Waals surface area contributed by atoms with Crippen LogP contribution >= 0.6 is 11.6 Å². The molecule has 0 saturated carbocycles. The van der Waals surface area contributed by atoms with Crippen molar-refractivity contribution in [3.8, 4) is 11.6 Å². The van der Waals surface area contributed by atoms with Crippen LogP contribution in [-0.4, -0.2) is 26.7 Å². The van der Waals surface area contributed by atoms with Crippen LogP contribution < -0.4 is 15.6 Å². The number of para-hydroxylation sites is 1. The number of aromatic hydroxyl groups is 1. The number of aryl methyl sites for hydroxylation is 1. The molecule has 0 bridgehead atoms. The van der Waals surface area contributed by atoms with E-state index >= 15 is 0 Å². The smallest absolute Gasteiger partial charge is 0.421 e. The van der Waals surface area contributed by atoms with Gasteiger partial charge in [-0.25, -0.2) is 9.97 Å². The van der Waals surface area contributed by atoms with Gasteiger partial charge in [0.1, 0.15) is 23.4 Å². The van der Waals surface area contributed by atoms with E-state index in [9.17, 15) is 23.1 Å². The SMILES string of the molecule is C=C/C(C)=C(\NC)c1cc(C)nc2c(OCc3c(Cl)cnc(O)c3Cn3cccc(C(F)(F)F)c3=O)cccc12. The standard InChI is InChI=1S/C29H26ClF3N4O3/c1-5-16(2)25(34-4)19-12-17(3)36-26-18(19)8-6-10-24(26)40-15-21-20(27(38)35-13-23(21)30)14-37-11-7-9-22(28(37)39)29(31,32)33/h5-13,34H,1,14-15H2,2-4H3,(H,35,38)/b25-16-. The third-order valence-corrected chi connectivity index (χ3v) is 6.72. The lowest BCUT2D eigenvalue weighted by atomic mass is 10.0. The number of rotatable bonds is 8. The summed E-state index contributed by atoms with van der Waals surface area (Å²) in [4.78, 5) is 21.0. The Kier molecular flexibility index (Phi) is 8.20. The van der Waals surface area contributed by atoms with Gasteiger partial charge in [-0.15, -0.1) is 0 Å². The molecule has 4 aromatic rings. The highest BCUT2D eigenvalue weighted by molar-refractivity contribution is 6.31. The number of hydrogen-bond acceptors (Lipinski definition) is 6. The van der Waals surface area contributed by atoms with Crippen LogP contribution in [0.1, 0.15) is 34.9 Å². The van der Waals surface area contributed by atoms with Gasteiger partial charge in [-0.05, 0) is 43.7 Å². The zero-order valence-electron chi connectivity index (χ0n) is 21.9. The van der Waals surface area contributed by atoms with Crippen molar-refractivity contribution < 1.29 is 23.0 Å². The summed E-state index contributed by atoms with van der Waals surface area (Å²) in [6.45, 7) is 7.08. The number of ether oxygens (including phenoxy) is 1. The van der Waals surface area contributed by atoms with Crippen molar-refractivity contribution in [2.75, 3.05) is 7.05 Å². The zero-order valence-corrected chi connectivity index (χ0v) is 22.7. The molecular formula is C29H26ClF3N4O3. The van der Waals surface area contributed by atoms with Gasteiger partial charge in [-0.2, -0.15) is 13.2 Å². The molecule has 1 aromatic carbocycles. The van der Waals surface area contributed by atoms with E-state index in [0.29, 0.717) is 17.3 Å². The molecule has 0 saturated heterocycles. The van der Waals surface area contributed by atoms with Gasteiger partial charge in [0.05, 0.1) is 11.6 Å². The van der Waals surface area contributed by atoms with Crippen LogP contribution in [0.2, 0.25) is 5.02 Å². The number of aromatic nitrogens is 3. The summed E-state index contributed by atoms with van der Waals surface area (Å²) < 4.78 is 46.8. The molecule has 3 aromatic heterocycles. The molecule has 0 aliphatic heterocycles. The average Bonchev–Trinajstić information content (AvgIpc) is 2.91. The number of hydrogen-bond donors (Lipinski definition) is 2. The fourth-order valence-corrected chi connectivity index (χ4v) is 4.61. The lowest BCUT2D eigenvalue weighted by Gasteiger charge is -2.18. The predicted octanol–water partition coefficient (Wildman–Crippen LogP) is 6.24. The van der Waals surface area contributed by atoms with E-state index < -0.39 is 29.7 Å². The topological polar surface area (TPSA) is 89.3 Å². The van der Waals surface area contributed by atoms with Gasteiger partial charge in [0.2, 0.25) is 5.88 Å². The Morgan fingerprint density at radius 1 is 1.25 bits per heavy atom. The molecule has 0 aliphatic carbocycles. The van der Waals surface area contributed by atoms with Crippen molar-refractivity contribution in [3.05, 3.63) is 110 Å². The molecule has 0 atom stereocenters. The predicted molar refractivity (Wildman–Crippen MR) is 148 cm³/mol. The highest BCUT2D eigenvalue weighted by Crippen LogP contribution is 2.33. The number of alkyl halides is 3. The molecule has 0 aliphatic rings. The molecule has 0 fully saturated rings. The Morgan fingerprint density at radius 3 is 2.67 bits per heavy atom. The molecule has 0 amide bonds. The number of benzene rings is 1. The van der Waals surface area contributed by atoms with Crippen molar-refractivity contribution in [2.45, 2.75) is 33.2 Å². The Balaban J connectivity index is 1.76. The Bertz CT molecular complexity index is 1700. The molecule has 11 heteroatoms. The summed E-state index contributed by atoms with van der Waals surface area (Å²) in [7, 11) is 1.82. The Labute approximate surface area is 233 Å². The quantitative estimate of drug-likeness (QED) is 0.244. The maximum Gasteiger partial charge on any atom is 0.421 e. The van der Waals surface area contributed by atoms with E-state index in [1.54, 1.807) is 12.1 Å². The normalized spacial score (nSPS) is 12.3. The third kappa shape index (κ3) is 5.67. The minimum atomic E-state index is -4.83. The molecule has 208 valence electrons. The van der Waals surface area contributed by atoms with Crippen molar-refractivity contribution in [2.24, 2.45) is 0 Å². The number of nitrogens with one attached hydrogen (secondary N) is 1. The minimum Gasteiger partial charge on any atom is -0.493 e. The highest BCUT2D eigenvalue weighted by atomic mass is 35.5. The number of halogens is 4. The van der Waals surface area contributed by atoms with Crippen molar-refractivity contribution in [1.29, 1.82) is 0 Å². The van der Waals surface area contributed by atoms with Crippen LogP contribution in [0.15, 0.2) is 71.8 Å². The maximum absolute atomic E-state index is 13.3. The fraction of sp³-hybridized carbons (Fsp3) is 0.207. The minimum absolute atomic E-state index is 0.0565. The molecule has 4 rings (SSSR count). The maximum atomic E-state index is 13.3. The van der Waals surface area contributed by atoms with Crippen LogP contribution in [0.5, 0.6) is 11.6 Å². The molecule has 0 unspecified atom stereocenters. The van der Waals surface area contributed by atoms with E-state index in [1.807, 2.05) is 39.1 Å². The van der Waals surface area contributed by atoms with Gasteiger partial charge in [-0.3, -0.25) is 4.79 Å². The zero-order chi connectivity index (χ0) is 29.2. The summed E-state index contributed by atoms with van der Waals surface area (Å²) in [6.07, 6.45) is -0.673. The molecule has 40 heavy (non-hydrogen) atoms. The Morgan fingerprint density at radius 2 is 2.00 bits per heavy atom. The summed E-state index contributed by atoms with van der Waals surface area (Å²) in [6, 6.07) is 9.21. The van der Waals surface area contributed by atoms with E-state index in [0.717, 1.165) is 38.5 Å². The van der Waals surface area contributed by atoms with E-state index in [1.165, 1.54) is 12.4 Å². The van der Waals surface area contributed by atoms with E-state index in [4.69, 9.17) is 16.3 Å².